The average molecular weight is 298 g/mol. The molecule has 1 amide bonds. The van der Waals surface area contributed by atoms with Crippen molar-refractivity contribution in [3.05, 3.63) is 42.4 Å². The van der Waals surface area contributed by atoms with E-state index in [1.165, 1.54) is 6.33 Å². The summed E-state index contributed by atoms with van der Waals surface area (Å²) in [7, 11) is 0. The van der Waals surface area contributed by atoms with E-state index in [0.29, 0.717) is 5.92 Å². The zero-order valence-electron chi connectivity index (χ0n) is 12.2. The third-order valence-electron chi connectivity index (χ3n) is 3.87. The molecule has 0 aromatic carbocycles. The Morgan fingerprint density at radius 3 is 3.00 bits per heavy atom. The van der Waals surface area contributed by atoms with Gasteiger partial charge in [-0.1, -0.05) is 0 Å². The molecule has 2 N–H and O–H groups in total. The topological polar surface area (TPSA) is 97.9 Å². The van der Waals surface area contributed by atoms with Crippen LogP contribution in [0.4, 0.5) is 5.82 Å². The number of aromatic nitrogens is 4. The van der Waals surface area contributed by atoms with E-state index in [1.807, 2.05) is 0 Å². The fraction of sp³-hybridized carbons (Fsp3) is 0.400. The van der Waals surface area contributed by atoms with Gasteiger partial charge in [-0.05, 0) is 31.2 Å². The number of piperidine rings is 1. The SMILES string of the molecule is NC(=O)c1cc(CC2CCCN(c3cnccn3)C2)ncn1. The molecular formula is C15H18N6O. The van der Waals surface area contributed by atoms with Crippen molar-refractivity contribution in [3.8, 4) is 0 Å². The van der Waals surface area contributed by atoms with Gasteiger partial charge in [0.1, 0.15) is 17.8 Å². The highest BCUT2D eigenvalue weighted by atomic mass is 16.1. The van der Waals surface area contributed by atoms with Crippen LogP contribution in [0, 0.1) is 5.92 Å². The number of hydrogen-bond donors (Lipinski definition) is 1. The number of hydrogen-bond acceptors (Lipinski definition) is 6. The van der Waals surface area contributed by atoms with Gasteiger partial charge < -0.3 is 10.6 Å². The van der Waals surface area contributed by atoms with Gasteiger partial charge in [0.25, 0.3) is 5.91 Å². The molecule has 1 fully saturated rings. The summed E-state index contributed by atoms with van der Waals surface area (Å²) in [5.41, 5.74) is 6.39. The van der Waals surface area contributed by atoms with Crippen molar-refractivity contribution in [2.24, 2.45) is 11.7 Å². The zero-order chi connectivity index (χ0) is 15.4. The van der Waals surface area contributed by atoms with E-state index in [1.54, 1.807) is 24.7 Å². The Bertz CT molecular complexity index is 647. The molecule has 3 rings (SSSR count). The van der Waals surface area contributed by atoms with Gasteiger partial charge in [0.15, 0.2) is 0 Å². The van der Waals surface area contributed by atoms with Gasteiger partial charge in [-0.2, -0.15) is 0 Å². The Labute approximate surface area is 128 Å². The molecular weight excluding hydrogens is 280 g/mol. The number of nitrogens with two attached hydrogens (primary N) is 1. The summed E-state index contributed by atoms with van der Waals surface area (Å²) in [6.45, 7) is 1.90. The van der Waals surface area contributed by atoms with E-state index in [2.05, 4.69) is 24.8 Å². The molecule has 114 valence electrons. The Morgan fingerprint density at radius 1 is 1.32 bits per heavy atom. The van der Waals surface area contributed by atoms with Crippen molar-refractivity contribution in [2.45, 2.75) is 19.3 Å². The zero-order valence-corrected chi connectivity index (χ0v) is 12.2. The quantitative estimate of drug-likeness (QED) is 0.897. The van der Waals surface area contributed by atoms with Gasteiger partial charge in [-0.25, -0.2) is 15.0 Å². The third-order valence-corrected chi connectivity index (χ3v) is 3.87. The standard InChI is InChI=1S/C15H18N6O/c16-15(22)13-7-12(19-10-20-13)6-11-2-1-5-21(9-11)14-8-17-3-4-18-14/h3-4,7-8,10-11H,1-2,5-6,9H2,(H2,16,22). The molecule has 7 heteroatoms. The lowest BCUT2D eigenvalue weighted by atomic mass is 9.93. The molecule has 3 heterocycles. The molecule has 7 nitrogen and oxygen atoms in total. The van der Waals surface area contributed by atoms with E-state index >= 15 is 0 Å². The lowest BCUT2D eigenvalue weighted by Gasteiger charge is -2.33. The van der Waals surface area contributed by atoms with Gasteiger partial charge in [-0.3, -0.25) is 9.78 Å². The van der Waals surface area contributed by atoms with Crippen molar-refractivity contribution < 1.29 is 4.79 Å². The summed E-state index contributed by atoms with van der Waals surface area (Å²) in [5, 5.41) is 0. The van der Waals surface area contributed by atoms with Crippen LogP contribution in [0.5, 0.6) is 0 Å². The van der Waals surface area contributed by atoms with E-state index in [0.717, 1.165) is 43.9 Å². The highest BCUT2D eigenvalue weighted by Crippen LogP contribution is 2.23. The van der Waals surface area contributed by atoms with Gasteiger partial charge in [0.2, 0.25) is 0 Å². The molecule has 1 aliphatic heterocycles. The second-order valence-electron chi connectivity index (χ2n) is 5.48. The first kappa shape index (κ1) is 14.4. The van der Waals surface area contributed by atoms with Crippen LogP contribution in [-0.2, 0) is 6.42 Å². The Kier molecular flexibility index (Phi) is 4.22. The van der Waals surface area contributed by atoms with Gasteiger partial charge in [0.05, 0.1) is 6.20 Å². The normalized spacial score (nSPS) is 18.2. The molecule has 0 spiro atoms. The highest BCUT2D eigenvalue weighted by Gasteiger charge is 2.22. The van der Waals surface area contributed by atoms with Crippen LogP contribution in [0.25, 0.3) is 0 Å². The second-order valence-corrected chi connectivity index (χ2v) is 5.48. The van der Waals surface area contributed by atoms with E-state index in [9.17, 15) is 4.79 Å². The maximum atomic E-state index is 11.2. The number of nitrogens with zero attached hydrogens (tertiary/aromatic N) is 5. The molecule has 2 aromatic heterocycles. The van der Waals surface area contributed by atoms with Gasteiger partial charge in [0, 0.05) is 31.2 Å². The van der Waals surface area contributed by atoms with Crippen LogP contribution >= 0.6 is 0 Å². The highest BCUT2D eigenvalue weighted by molar-refractivity contribution is 5.90. The minimum atomic E-state index is -0.520. The van der Waals surface area contributed by atoms with Gasteiger partial charge in [-0.15, -0.1) is 0 Å². The summed E-state index contributed by atoms with van der Waals surface area (Å²) < 4.78 is 0. The largest absolute Gasteiger partial charge is 0.364 e. The predicted octanol–water partition coefficient (Wildman–Crippen LogP) is 0.825. The smallest absolute Gasteiger partial charge is 0.267 e. The average Bonchev–Trinajstić information content (AvgIpc) is 2.56. The monoisotopic (exact) mass is 298 g/mol. The Balaban J connectivity index is 1.68. The lowest BCUT2D eigenvalue weighted by Crippen LogP contribution is -2.37. The summed E-state index contributed by atoms with van der Waals surface area (Å²) in [6.07, 6.45) is 9.62. The van der Waals surface area contributed by atoms with Crippen molar-refractivity contribution in [1.82, 2.24) is 19.9 Å². The molecule has 1 saturated heterocycles. The first-order valence-corrected chi connectivity index (χ1v) is 7.34. The summed E-state index contributed by atoms with van der Waals surface area (Å²) in [4.78, 5) is 30.0. The first-order valence-electron chi connectivity index (χ1n) is 7.34. The van der Waals surface area contributed by atoms with Gasteiger partial charge >= 0.3 is 0 Å². The molecule has 1 unspecified atom stereocenters. The Morgan fingerprint density at radius 2 is 2.23 bits per heavy atom. The van der Waals surface area contributed by atoms with Crippen LogP contribution < -0.4 is 10.6 Å². The summed E-state index contributed by atoms with van der Waals surface area (Å²) in [5.74, 6) is 0.854. The molecule has 1 aliphatic rings. The van der Waals surface area contributed by atoms with Crippen molar-refractivity contribution in [3.63, 3.8) is 0 Å². The minimum Gasteiger partial charge on any atom is -0.364 e. The lowest BCUT2D eigenvalue weighted by molar-refractivity contribution is 0.0995. The molecule has 0 saturated carbocycles. The van der Waals surface area contributed by atoms with Crippen LogP contribution in [0.1, 0.15) is 29.0 Å². The Hall–Kier alpha value is -2.57. The fourth-order valence-electron chi connectivity index (χ4n) is 2.83. The second kappa shape index (κ2) is 6.46. The first-order chi connectivity index (χ1) is 10.7. The van der Waals surface area contributed by atoms with Crippen LogP contribution in [0.3, 0.4) is 0 Å². The number of anilines is 1. The maximum absolute atomic E-state index is 11.2. The van der Waals surface area contributed by atoms with E-state index < -0.39 is 5.91 Å². The molecule has 1 atom stereocenters. The number of carbonyl (C=O) groups is 1. The van der Waals surface area contributed by atoms with Crippen molar-refractivity contribution >= 4 is 11.7 Å². The fourth-order valence-corrected chi connectivity index (χ4v) is 2.83. The van der Waals surface area contributed by atoms with E-state index in [4.69, 9.17) is 5.73 Å². The summed E-state index contributed by atoms with van der Waals surface area (Å²) >= 11 is 0. The van der Waals surface area contributed by atoms with Crippen molar-refractivity contribution in [1.29, 1.82) is 0 Å². The molecule has 0 radical (unpaired) electrons. The summed E-state index contributed by atoms with van der Waals surface area (Å²) in [6, 6.07) is 1.68. The molecule has 22 heavy (non-hydrogen) atoms. The third kappa shape index (κ3) is 3.36. The number of primary amides is 1. The minimum absolute atomic E-state index is 0.270. The van der Waals surface area contributed by atoms with Crippen LogP contribution in [0.2, 0.25) is 0 Å². The maximum Gasteiger partial charge on any atom is 0.267 e. The molecule has 0 bridgehead atoms. The molecule has 2 aromatic rings. The predicted molar refractivity (Wildman–Crippen MR) is 81.2 cm³/mol. The number of rotatable bonds is 4. The van der Waals surface area contributed by atoms with Crippen LogP contribution in [0.15, 0.2) is 31.0 Å². The number of amides is 1. The van der Waals surface area contributed by atoms with Crippen LogP contribution in [-0.4, -0.2) is 38.9 Å². The number of carbonyl (C=O) groups excluding carboxylic acids is 1. The molecule has 0 aliphatic carbocycles. The van der Waals surface area contributed by atoms with Crippen molar-refractivity contribution in [2.75, 3.05) is 18.0 Å². The van der Waals surface area contributed by atoms with E-state index in [-0.39, 0.29) is 5.69 Å².